The number of rotatable bonds is 4. The van der Waals surface area contributed by atoms with Gasteiger partial charge in [-0.1, -0.05) is 121 Å². The highest BCUT2D eigenvalue weighted by molar-refractivity contribution is 6.14. The lowest BCUT2D eigenvalue weighted by Gasteiger charge is -2.11. The fourth-order valence-corrected chi connectivity index (χ4v) is 6.45. The van der Waals surface area contributed by atoms with Crippen molar-refractivity contribution in [2.75, 3.05) is 0 Å². The Bertz CT molecular complexity index is 2440. The molecule has 0 radical (unpaired) electrons. The van der Waals surface area contributed by atoms with Gasteiger partial charge in [-0.25, -0.2) is 9.97 Å². The zero-order valence-corrected chi connectivity index (χ0v) is 23.7. The van der Waals surface area contributed by atoms with Crippen LogP contribution < -0.4 is 0 Å². The Morgan fingerprint density at radius 2 is 1.11 bits per heavy atom. The molecule has 9 rings (SSSR count). The SMILES string of the molecule is c1ccc(-c2nc(-c3ccccc3)c3oc4cccc(-c5cccc(-n6c7ccccc7c7ccccc76)c5)c4c3n2)cc1. The summed E-state index contributed by atoms with van der Waals surface area (Å²) < 4.78 is 8.93. The summed E-state index contributed by atoms with van der Waals surface area (Å²) in [5.74, 6) is 0.675. The fraction of sp³-hybridized carbons (Fsp3) is 0. The van der Waals surface area contributed by atoms with Gasteiger partial charge in [0.25, 0.3) is 0 Å². The number of nitrogens with zero attached hydrogens (tertiary/aromatic N) is 3. The van der Waals surface area contributed by atoms with Crippen LogP contribution in [0.15, 0.2) is 156 Å². The summed E-state index contributed by atoms with van der Waals surface area (Å²) in [7, 11) is 0. The zero-order valence-electron chi connectivity index (χ0n) is 23.7. The van der Waals surface area contributed by atoms with Gasteiger partial charge in [-0.3, -0.25) is 0 Å². The highest BCUT2D eigenvalue weighted by Crippen LogP contribution is 2.41. The molecule has 0 N–H and O–H groups in total. The molecular weight excluding hydrogens is 538 g/mol. The van der Waals surface area contributed by atoms with E-state index in [0.29, 0.717) is 11.4 Å². The van der Waals surface area contributed by atoms with Crippen LogP contribution in [0.4, 0.5) is 0 Å². The van der Waals surface area contributed by atoms with Gasteiger partial charge in [0.15, 0.2) is 11.4 Å². The minimum Gasteiger partial charge on any atom is -0.452 e. The maximum absolute atomic E-state index is 6.58. The normalized spacial score (nSPS) is 11.6. The molecule has 3 heterocycles. The highest BCUT2D eigenvalue weighted by Gasteiger charge is 2.21. The van der Waals surface area contributed by atoms with Crippen molar-refractivity contribution in [2.24, 2.45) is 0 Å². The van der Waals surface area contributed by atoms with Gasteiger partial charge in [0, 0.05) is 27.6 Å². The van der Waals surface area contributed by atoms with Crippen molar-refractivity contribution < 1.29 is 4.42 Å². The molecule has 0 fully saturated rings. The Labute approximate surface area is 253 Å². The summed E-state index contributed by atoms with van der Waals surface area (Å²) in [5, 5.41) is 3.48. The van der Waals surface area contributed by atoms with Crippen LogP contribution in [0.3, 0.4) is 0 Å². The molecule has 0 saturated heterocycles. The number of para-hydroxylation sites is 2. The molecule has 0 saturated carbocycles. The number of benzene rings is 6. The summed E-state index contributed by atoms with van der Waals surface area (Å²) in [6.45, 7) is 0. The van der Waals surface area contributed by atoms with Crippen molar-refractivity contribution >= 4 is 43.9 Å². The third kappa shape index (κ3) is 3.78. The summed E-state index contributed by atoms with van der Waals surface area (Å²) in [6, 6.07) is 52.6. The molecule has 0 unspecified atom stereocenters. The molecule has 0 atom stereocenters. The fourth-order valence-electron chi connectivity index (χ4n) is 6.45. The first-order chi connectivity index (χ1) is 21.8. The molecule has 0 aliphatic heterocycles. The topological polar surface area (TPSA) is 43.9 Å². The van der Waals surface area contributed by atoms with Crippen molar-refractivity contribution in [3.8, 4) is 39.5 Å². The molecule has 6 aromatic carbocycles. The van der Waals surface area contributed by atoms with E-state index in [1.165, 1.54) is 21.8 Å². The second-order valence-electron chi connectivity index (χ2n) is 11.0. The quantitative estimate of drug-likeness (QED) is 0.214. The average molecular weight is 564 g/mol. The van der Waals surface area contributed by atoms with Gasteiger partial charge in [-0.2, -0.15) is 0 Å². The molecule has 4 nitrogen and oxygen atoms in total. The van der Waals surface area contributed by atoms with Gasteiger partial charge in [-0.15, -0.1) is 0 Å². The van der Waals surface area contributed by atoms with Crippen molar-refractivity contribution in [1.29, 1.82) is 0 Å². The Kier molecular flexibility index (Phi) is 5.47. The standard InChI is InChI=1S/C40H25N3O/c1-3-13-26(14-4-1)37-39-38(42-40(41-37)27-15-5-2-6-16-27)36-30(21-12-24-35(36)44-39)28-17-11-18-29(25-28)43-33-22-9-7-19-31(33)32-20-8-10-23-34(32)43/h1-25H. The number of hydrogen-bond acceptors (Lipinski definition) is 3. The lowest BCUT2D eigenvalue weighted by molar-refractivity contribution is 0.667. The van der Waals surface area contributed by atoms with Gasteiger partial charge >= 0.3 is 0 Å². The summed E-state index contributed by atoms with van der Waals surface area (Å²) in [4.78, 5) is 10.2. The van der Waals surface area contributed by atoms with E-state index in [9.17, 15) is 0 Å². The lowest BCUT2D eigenvalue weighted by Crippen LogP contribution is -1.95. The third-order valence-corrected chi connectivity index (χ3v) is 8.42. The van der Waals surface area contributed by atoms with Crippen molar-refractivity contribution in [3.63, 3.8) is 0 Å². The molecule has 3 aromatic heterocycles. The van der Waals surface area contributed by atoms with Gasteiger partial charge in [0.05, 0.1) is 16.4 Å². The number of hydrogen-bond donors (Lipinski definition) is 0. The van der Waals surface area contributed by atoms with Crippen molar-refractivity contribution in [1.82, 2.24) is 14.5 Å². The van der Waals surface area contributed by atoms with Crippen LogP contribution in [0.5, 0.6) is 0 Å². The molecule has 0 bridgehead atoms. The van der Waals surface area contributed by atoms with Crippen molar-refractivity contribution in [3.05, 3.63) is 152 Å². The predicted molar refractivity (Wildman–Crippen MR) is 180 cm³/mol. The van der Waals surface area contributed by atoms with Gasteiger partial charge in [0.2, 0.25) is 0 Å². The van der Waals surface area contributed by atoms with E-state index in [4.69, 9.17) is 14.4 Å². The van der Waals surface area contributed by atoms with Gasteiger partial charge < -0.3 is 8.98 Å². The van der Waals surface area contributed by atoms with Gasteiger partial charge in [-0.05, 0) is 41.5 Å². The van der Waals surface area contributed by atoms with Crippen LogP contribution in [-0.4, -0.2) is 14.5 Å². The van der Waals surface area contributed by atoms with Crippen LogP contribution >= 0.6 is 0 Å². The molecule has 206 valence electrons. The van der Waals surface area contributed by atoms with E-state index in [1.807, 2.05) is 54.6 Å². The maximum Gasteiger partial charge on any atom is 0.180 e. The number of furan rings is 1. The Balaban J connectivity index is 1.31. The van der Waals surface area contributed by atoms with E-state index in [1.54, 1.807) is 0 Å². The predicted octanol–water partition coefficient (Wildman–Crippen LogP) is 10.5. The average Bonchev–Trinajstić information content (AvgIpc) is 3.65. The molecule has 0 aliphatic carbocycles. The minimum atomic E-state index is 0.675. The summed E-state index contributed by atoms with van der Waals surface area (Å²) >= 11 is 0. The number of fused-ring (bicyclic) bond motifs is 6. The largest absolute Gasteiger partial charge is 0.452 e. The second kappa shape index (κ2) is 9.79. The molecule has 0 aliphatic rings. The molecule has 44 heavy (non-hydrogen) atoms. The van der Waals surface area contributed by atoms with E-state index in [0.717, 1.165) is 50.1 Å². The Morgan fingerprint density at radius 3 is 1.84 bits per heavy atom. The zero-order chi connectivity index (χ0) is 29.0. The molecule has 4 heteroatoms. The highest BCUT2D eigenvalue weighted by atomic mass is 16.3. The van der Waals surface area contributed by atoms with E-state index in [2.05, 4.69) is 102 Å². The first kappa shape index (κ1) is 24.6. The smallest absolute Gasteiger partial charge is 0.180 e. The summed E-state index contributed by atoms with van der Waals surface area (Å²) in [5.41, 5.74) is 10.7. The van der Waals surface area contributed by atoms with Crippen LogP contribution in [0.1, 0.15) is 0 Å². The molecule has 9 aromatic rings. The third-order valence-electron chi connectivity index (χ3n) is 8.42. The Hall–Kier alpha value is -6.00. The maximum atomic E-state index is 6.58. The van der Waals surface area contributed by atoms with Gasteiger partial charge in [0.1, 0.15) is 16.8 Å². The van der Waals surface area contributed by atoms with E-state index < -0.39 is 0 Å². The first-order valence-electron chi connectivity index (χ1n) is 14.8. The summed E-state index contributed by atoms with van der Waals surface area (Å²) in [6.07, 6.45) is 0. The van der Waals surface area contributed by atoms with Crippen LogP contribution in [0.25, 0.3) is 83.3 Å². The van der Waals surface area contributed by atoms with Crippen LogP contribution in [0.2, 0.25) is 0 Å². The van der Waals surface area contributed by atoms with Crippen LogP contribution in [0, 0.1) is 0 Å². The second-order valence-corrected chi connectivity index (χ2v) is 11.0. The van der Waals surface area contributed by atoms with Crippen LogP contribution in [-0.2, 0) is 0 Å². The molecule has 0 spiro atoms. The minimum absolute atomic E-state index is 0.675. The first-order valence-corrected chi connectivity index (χ1v) is 14.8. The molecular formula is C40H25N3O. The van der Waals surface area contributed by atoms with E-state index >= 15 is 0 Å². The van der Waals surface area contributed by atoms with E-state index in [-0.39, 0.29) is 0 Å². The molecule has 0 amide bonds. The lowest BCUT2D eigenvalue weighted by atomic mass is 10.00. The van der Waals surface area contributed by atoms with Crippen molar-refractivity contribution in [2.45, 2.75) is 0 Å². The monoisotopic (exact) mass is 563 g/mol. The Morgan fingerprint density at radius 1 is 0.500 bits per heavy atom. The number of aromatic nitrogens is 3.